The van der Waals surface area contributed by atoms with E-state index in [1.807, 2.05) is 13.8 Å². The second-order valence-corrected chi connectivity index (χ2v) is 8.13. The summed E-state index contributed by atoms with van der Waals surface area (Å²) in [5.74, 6) is 0.861. The van der Waals surface area contributed by atoms with Gasteiger partial charge in [-0.05, 0) is 54.1 Å². The highest BCUT2D eigenvalue weighted by atomic mass is 79.9. The number of rotatable bonds is 7. The molecule has 0 radical (unpaired) electrons. The lowest BCUT2D eigenvalue weighted by molar-refractivity contribution is 0.260. The summed E-state index contributed by atoms with van der Waals surface area (Å²) in [5, 5.41) is 3.08. The molecule has 1 heterocycles. The van der Waals surface area contributed by atoms with Crippen molar-refractivity contribution in [2.24, 2.45) is 5.92 Å². The molecule has 2 N–H and O–H groups in total. The van der Waals surface area contributed by atoms with Crippen LogP contribution in [0.25, 0.3) is 0 Å². The summed E-state index contributed by atoms with van der Waals surface area (Å²) in [6.45, 7) is 4.65. The highest BCUT2D eigenvalue weighted by Gasteiger charge is 2.29. The van der Waals surface area contributed by atoms with Crippen LogP contribution >= 0.6 is 15.9 Å². The molecule has 1 unspecified atom stereocenters. The molecule has 1 aromatic rings. The number of pyridine rings is 1. The fraction of sp³-hybridized carbons (Fsp3) is 0.643. The highest BCUT2D eigenvalue weighted by molar-refractivity contribution is 9.10. The van der Waals surface area contributed by atoms with Gasteiger partial charge in [0, 0.05) is 23.3 Å². The van der Waals surface area contributed by atoms with Crippen LogP contribution in [0.4, 0.5) is 5.82 Å². The van der Waals surface area contributed by atoms with Crippen molar-refractivity contribution >= 4 is 31.8 Å². The highest BCUT2D eigenvalue weighted by Crippen LogP contribution is 2.31. The van der Waals surface area contributed by atoms with Crippen molar-refractivity contribution in [1.82, 2.24) is 9.71 Å². The van der Waals surface area contributed by atoms with Gasteiger partial charge in [-0.25, -0.2) is 18.1 Å². The quantitative estimate of drug-likeness (QED) is 0.767. The minimum Gasteiger partial charge on any atom is -0.369 e. The zero-order valence-electron chi connectivity index (χ0n) is 12.4. The van der Waals surface area contributed by atoms with Gasteiger partial charge in [0.1, 0.15) is 10.7 Å². The number of halogens is 1. The molecule has 2 rings (SSSR count). The van der Waals surface area contributed by atoms with Gasteiger partial charge in [-0.3, -0.25) is 0 Å². The normalized spacial score (nSPS) is 17.3. The van der Waals surface area contributed by atoms with Crippen LogP contribution in [0.1, 0.15) is 39.5 Å². The van der Waals surface area contributed by atoms with Crippen molar-refractivity contribution in [2.75, 3.05) is 11.9 Å². The Kier molecular flexibility index (Phi) is 5.62. The van der Waals surface area contributed by atoms with E-state index < -0.39 is 10.0 Å². The van der Waals surface area contributed by atoms with Gasteiger partial charge in [-0.2, -0.15) is 0 Å². The maximum absolute atomic E-state index is 12.6. The summed E-state index contributed by atoms with van der Waals surface area (Å²) in [6, 6.07) is 1.56. The molecule has 118 valence electrons. The van der Waals surface area contributed by atoms with E-state index >= 15 is 0 Å². The second kappa shape index (κ2) is 7.07. The van der Waals surface area contributed by atoms with Gasteiger partial charge < -0.3 is 5.32 Å². The molecule has 5 nitrogen and oxygen atoms in total. The molecule has 1 aromatic heterocycles. The molecule has 0 aliphatic heterocycles. The second-order valence-electron chi connectivity index (χ2n) is 5.53. The summed E-state index contributed by atoms with van der Waals surface area (Å²) in [7, 11) is -3.57. The number of sulfonamides is 1. The number of nitrogens with one attached hydrogen (secondary N) is 2. The molecular formula is C14H22BrN3O2S. The summed E-state index contributed by atoms with van der Waals surface area (Å²) in [6.07, 6.45) is 5.90. The fourth-order valence-electron chi connectivity index (χ4n) is 2.35. The van der Waals surface area contributed by atoms with E-state index in [4.69, 9.17) is 0 Å². The number of anilines is 1. The van der Waals surface area contributed by atoms with Crippen LogP contribution in [0, 0.1) is 5.92 Å². The molecule has 21 heavy (non-hydrogen) atoms. The third-order valence-corrected chi connectivity index (χ3v) is 5.86. The third kappa shape index (κ3) is 4.17. The topological polar surface area (TPSA) is 71.1 Å². The van der Waals surface area contributed by atoms with E-state index in [1.54, 1.807) is 12.3 Å². The molecule has 0 bridgehead atoms. The van der Waals surface area contributed by atoms with Crippen LogP contribution in [0.5, 0.6) is 0 Å². The van der Waals surface area contributed by atoms with E-state index in [0.717, 1.165) is 19.3 Å². The maximum atomic E-state index is 12.6. The minimum atomic E-state index is -3.57. The number of hydrogen-bond donors (Lipinski definition) is 2. The van der Waals surface area contributed by atoms with Gasteiger partial charge in [0.05, 0.1) is 0 Å². The zero-order chi connectivity index (χ0) is 15.5. The van der Waals surface area contributed by atoms with E-state index in [1.165, 1.54) is 6.42 Å². The number of hydrogen-bond acceptors (Lipinski definition) is 4. The van der Waals surface area contributed by atoms with Gasteiger partial charge in [0.15, 0.2) is 0 Å². The molecular weight excluding hydrogens is 354 g/mol. The monoisotopic (exact) mass is 375 g/mol. The third-order valence-electron chi connectivity index (χ3n) is 3.85. The smallest absolute Gasteiger partial charge is 0.244 e. The van der Waals surface area contributed by atoms with E-state index in [9.17, 15) is 8.42 Å². The lowest BCUT2D eigenvalue weighted by Crippen LogP contribution is -2.40. The summed E-state index contributed by atoms with van der Waals surface area (Å²) in [5.41, 5.74) is 0. The molecule has 7 heteroatoms. The first-order chi connectivity index (χ1) is 9.94. The predicted octanol–water partition coefficient (Wildman–Crippen LogP) is 3.13. The zero-order valence-corrected chi connectivity index (χ0v) is 14.8. The van der Waals surface area contributed by atoms with Crippen molar-refractivity contribution in [3.05, 3.63) is 16.7 Å². The first-order valence-corrected chi connectivity index (χ1v) is 9.63. The van der Waals surface area contributed by atoms with Crippen LogP contribution in [0.15, 0.2) is 21.6 Å². The van der Waals surface area contributed by atoms with Crippen LogP contribution in [0.2, 0.25) is 0 Å². The molecule has 1 fully saturated rings. The van der Waals surface area contributed by atoms with Crippen LogP contribution < -0.4 is 10.0 Å². The molecule has 1 aliphatic carbocycles. The summed E-state index contributed by atoms with van der Waals surface area (Å²) >= 11 is 3.29. The fourth-order valence-corrected chi connectivity index (χ4v) is 4.30. The molecule has 1 saturated carbocycles. The van der Waals surface area contributed by atoms with Gasteiger partial charge in [0.25, 0.3) is 0 Å². The average molecular weight is 376 g/mol. The Labute approximate surface area is 135 Å². The first kappa shape index (κ1) is 16.7. The number of aromatic nitrogens is 1. The van der Waals surface area contributed by atoms with Crippen LogP contribution in [-0.4, -0.2) is 26.0 Å². The van der Waals surface area contributed by atoms with Crippen LogP contribution in [0.3, 0.4) is 0 Å². The molecule has 0 aromatic carbocycles. The Bertz CT molecular complexity index is 588. The average Bonchev–Trinajstić information content (AvgIpc) is 2.34. The lowest BCUT2D eigenvalue weighted by Gasteiger charge is -2.31. The Morgan fingerprint density at radius 1 is 1.48 bits per heavy atom. The Hall–Kier alpha value is -0.660. The molecule has 1 atom stereocenters. The van der Waals surface area contributed by atoms with Gasteiger partial charge in [0.2, 0.25) is 10.0 Å². The molecule has 1 aliphatic rings. The van der Waals surface area contributed by atoms with Gasteiger partial charge >= 0.3 is 0 Å². The van der Waals surface area contributed by atoms with Crippen molar-refractivity contribution in [3.8, 4) is 0 Å². The predicted molar refractivity (Wildman–Crippen MR) is 87.8 cm³/mol. The van der Waals surface area contributed by atoms with Crippen molar-refractivity contribution in [1.29, 1.82) is 0 Å². The van der Waals surface area contributed by atoms with Gasteiger partial charge in [-0.1, -0.05) is 13.3 Å². The van der Waals surface area contributed by atoms with Crippen molar-refractivity contribution in [3.63, 3.8) is 0 Å². The summed E-state index contributed by atoms with van der Waals surface area (Å²) in [4.78, 5) is 4.40. The number of nitrogens with zero attached hydrogens (tertiary/aromatic N) is 1. The Morgan fingerprint density at radius 2 is 2.19 bits per heavy atom. The van der Waals surface area contributed by atoms with Crippen LogP contribution in [-0.2, 0) is 10.0 Å². The minimum absolute atomic E-state index is 0.0400. The first-order valence-electron chi connectivity index (χ1n) is 7.35. The largest absolute Gasteiger partial charge is 0.369 e. The SMILES string of the molecule is CCCNc1ncc(Br)cc1S(=O)(=O)NC(C)C1CCC1. The molecule has 0 saturated heterocycles. The standard InChI is InChI=1S/C14H22BrN3O2S/c1-3-7-16-14-13(8-12(15)9-17-14)21(19,20)18-10(2)11-5-4-6-11/h8-11,18H,3-7H2,1-2H3,(H,16,17). The van der Waals surface area contributed by atoms with Gasteiger partial charge in [-0.15, -0.1) is 0 Å². The molecule has 0 spiro atoms. The van der Waals surface area contributed by atoms with E-state index in [0.29, 0.717) is 22.8 Å². The van der Waals surface area contributed by atoms with E-state index in [-0.39, 0.29) is 10.9 Å². The van der Waals surface area contributed by atoms with E-state index in [2.05, 4.69) is 31.0 Å². The maximum Gasteiger partial charge on any atom is 0.244 e. The Balaban J connectivity index is 2.22. The summed E-state index contributed by atoms with van der Waals surface area (Å²) < 4.78 is 28.7. The lowest BCUT2D eigenvalue weighted by atomic mass is 9.81. The van der Waals surface area contributed by atoms with Crippen molar-refractivity contribution in [2.45, 2.75) is 50.5 Å². The van der Waals surface area contributed by atoms with Crippen molar-refractivity contribution < 1.29 is 8.42 Å². The molecule has 0 amide bonds. The Morgan fingerprint density at radius 3 is 2.76 bits per heavy atom.